The predicted molar refractivity (Wildman–Crippen MR) is 67.2 cm³/mol. The molecule has 96 valence electrons. The third-order valence-electron chi connectivity index (χ3n) is 2.75. The van der Waals surface area contributed by atoms with Gasteiger partial charge in [-0.05, 0) is 34.7 Å². The summed E-state index contributed by atoms with van der Waals surface area (Å²) in [6.07, 6.45) is -0.148. The minimum absolute atomic E-state index is 0.0548. The van der Waals surface area contributed by atoms with Gasteiger partial charge in [0.1, 0.15) is 11.6 Å². The van der Waals surface area contributed by atoms with E-state index in [2.05, 4.69) is 0 Å². The lowest BCUT2D eigenvalue weighted by atomic mass is 10.1. The van der Waals surface area contributed by atoms with E-state index in [0.717, 1.165) is 17.0 Å². The zero-order valence-corrected chi connectivity index (χ0v) is 11.1. The maximum atomic E-state index is 13.4. The number of benzene rings is 1. The summed E-state index contributed by atoms with van der Waals surface area (Å²) in [4.78, 5) is 23.5. The maximum absolute atomic E-state index is 13.4. The molecular formula is C11H8F2INO3. The molecule has 1 atom stereocenters. The van der Waals surface area contributed by atoms with Gasteiger partial charge in [-0.1, -0.05) is 0 Å². The number of carbonyl (C=O) groups excluding carboxylic acids is 1. The van der Waals surface area contributed by atoms with Gasteiger partial charge in [-0.2, -0.15) is 0 Å². The smallest absolute Gasteiger partial charge is 0.308 e. The van der Waals surface area contributed by atoms with Gasteiger partial charge < -0.3 is 10.0 Å². The molecule has 0 radical (unpaired) electrons. The summed E-state index contributed by atoms with van der Waals surface area (Å²) in [5, 5.41) is 8.82. The van der Waals surface area contributed by atoms with Crippen molar-refractivity contribution in [3.8, 4) is 0 Å². The standard InChI is InChI=1S/C11H8F2INO3/c12-7-2-6(3-8(13)10(7)14)15-4-5(11(17)18)1-9(15)16/h2-3,5H,1,4H2,(H,17,18). The fourth-order valence-electron chi connectivity index (χ4n) is 1.82. The highest BCUT2D eigenvalue weighted by Gasteiger charge is 2.35. The van der Waals surface area contributed by atoms with E-state index in [4.69, 9.17) is 5.11 Å². The van der Waals surface area contributed by atoms with Crippen LogP contribution in [0.2, 0.25) is 0 Å². The van der Waals surface area contributed by atoms with Crippen molar-refractivity contribution in [3.05, 3.63) is 27.3 Å². The van der Waals surface area contributed by atoms with Gasteiger partial charge in [-0.25, -0.2) is 8.78 Å². The summed E-state index contributed by atoms with van der Waals surface area (Å²) in [6, 6.07) is 2.07. The fourth-order valence-corrected chi connectivity index (χ4v) is 2.13. The van der Waals surface area contributed by atoms with Crippen molar-refractivity contribution >= 4 is 40.2 Å². The Balaban J connectivity index is 2.33. The molecule has 1 N–H and O–H groups in total. The largest absolute Gasteiger partial charge is 0.481 e. The van der Waals surface area contributed by atoms with E-state index >= 15 is 0 Å². The topological polar surface area (TPSA) is 57.6 Å². The summed E-state index contributed by atoms with van der Waals surface area (Å²) in [5.41, 5.74) is 0.0548. The van der Waals surface area contributed by atoms with Crippen molar-refractivity contribution < 1.29 is 23.5 Å². The molecule has 1 saturated heterocycles. The second-order valence-electron chi connectivity index (χ2n) is 3.97. The van der Waals surface area contributed by atoms with Gasteiger partial charge in [0.2, 0.25) is 5.91 Å². The first-order valence-electron chi connectivity index (χ1n) is 5.08. The van der Waals surface area contributed by atoms with Gasteiger partial charge in [-0.3, -0.25) is 9.59 Å². The van der Waals surface area contributed by atoms with Crippen LogP contribution in [-0.2, 0) is 9.59 Å². The molecule has 18 heavy (non-hydrogen) atoms. The molecule has 2 rings (SSSR count). The highest BCUT2D eigenvalue weighted by atomic mass is 127. The van der Waals surface area contributed by atoms with E-state index in [1.165, 1.54) is 22.6 Å². The molecule has 0 spiro atoms. The Labute approximate surface area is 115 Å². The van der Waals surface area contributed by atoms with Crippen LogP contribution in [0.25, 0.3) is 0 Å². The number of halogens is 3. The average Bonchev–Trinajstić information content (AvgIpc) is 2.68. The molecule has 1 fully saturated rings. The third-order valence-corrected chi connectivity index (χ3v) is 3.79. The number of carboxylic acid groups (broad SMARTS) is 1. The molecule has 0 aromatic heterocycles. The summed E-state index contributed by atoms with van der Waals surface area (Å²) in [7, 11) is 0. The number of rotatable bonds is 2. The van der Waals surface area contributed by atoms with Crippen LogP contribution in [0, 0.1) is 21.1 Å². The Morgan fingerprint density at radius 1 is 1.39 bits per heavy atom. The summed E-state index contributed by atoms with van der Waals surface area (Å²) in [6.45, 7) is -0.0619. The molecule has 1 amide bonds. The number of amides is 1. The molecule has 0 saturated carbocycles. The van der Waals surface area contributed by atoms with Crippen LogP contribution in [0.5, 0.6) is 0 Å². The average molecular weight is 367 g/mol. The molecular weight excluding hydrogens is 359 g/mol. The van der Waals surface area contributed by atoms with Crippen LogP contribution in [0.3, 0.4) is 0 Å². The number of carbonyl (C=O) groups is 2. The third kappa shape index (κ3) is 2.31. The van der Waals surface area contributed by atoms with E-state index in [-0.39, 0.29) is 22.2 Å². The Morgan fingerprint density at radius 2 is 1.94 bits per heavy atom. The number of nitrogens with zero attached hydrogens (tertiary/aromatic N) is 1. The lowest BCUT2D eigenvalue weighted by Crippen LogP contribution is -2.26. The van der Waals surface area contributed by atoms with Crippen LogP contribution in [-0.4, -0.2) is 23.5 Å². The molecule has 1 aliphatic rings. The molecule has 1 heterocycles. The quantitative estimate of drug-likeness (QED) is 0.643. The van der Waals surface area contributed by atoms with Crippen LogP contribution in [0.15, 0.2) is 12.1 Å². The van der Waals surface area contributed by atoms with Crippen molar-refractivity contribution in [1.29, 1.82) is 0 Å². The Bertz CT molecular complexity index is 512. The first kappa shape index (κ1) is 13.2. The highest BCUT2D eigenvalue weighted by molar-refractivity contribution is 14.1. The molecule has 1 aliphatic heterocycles. The van der Waals surface area contributed by atoms with Gasteiger partial charge in [0, 0.05) is 18.7 Å². The minimum Gasteiger partial charge on any atom is -0.481 e. The van der Waals surface area contributed by atoms with Crippen molar-refractivity contribution in [2.24, 2.45) is 5.92 Å². The molecule has 4 nitrogen and oxygen atoms in total. The molecule has 1 aromatic carbocycles. The Kier molecular flexibility index (Phi) is 3.51. The van der Waals surface area contributed by atoms with Gasteiger partial charge >= 0.3 is 5.97 Å². The fraction of sp³-hybridized carbons (Fsp3) is 0.273. The van der Waals surface area contributed by atoms with Crippen LogP contribution in [0.4, 0.5) is 14.5 Å². The number of carboxylic acids is 1. The monoisotopic (exact) mass is 367 g/mol. The van der Waals surface area contributed by atoms with Gasteiger partial charge in [0.05, 0.1) is 9.49 Å². The Morgan fingerprint density at radius 3 is 2.39 bits per heavy atom. The molecule has 0 bridgehead atoms. The van der Waals surface area contributed by atoms with Gasteiger partial charge in [0.25, 0.3) is 0 Å². The van der Waals surface area contributed by atoms with E-state index < -0.39 is 29.4 Å². The molecule has 1 aromatic rings. The summed E-state index contributed by atoms with van der Waals surface area (Å²) >= 11 is 1.52. The SMILES string of the molecule is O=C(O)C1CC(=O)N(c2cc(F)c(I)c(F)c2)C1. The lowest BCUT2D eigenvalue weighted by molar-refractivity contribution is -0.141. The number of anilines is 1. The van der Waals surface area contributed by atoms with E-state index in [0.29, 0.717) is 0 Å². The van der Waals surface area contributed by atoms with Gasteiger partial charge in [0.15, 0.2) is 0 Å². The van der Waals surface area contributed by atoms with Crippen molar-refractivity contribution in [2.45, 2.75) is 6.42 Å². The van der Waals surface area contributed by atoms with E-state index in [9.17, 15) is 18.4 Å². The van der Waals surface area contributed by atoms with Crippen LogP contribution < -0.4 is 4.90 Å². The first-order valence-corrected chi connectivity index (χ1v) is 6.15. The normalized spacial score (nSPS) is 19.4. The first-order chi connectivity index (χ1) is 8.40. The Hall–Kier alpha value is -1.25. The van der Waals surface area contributed by atoms with Crippen molar-refractivity contribution in [1.82, 2.24) is 0 Å². The van der Waals surface area contributed by atoms with Crippen molar-refractivity contribution in [3.63, 3.8) is 0 Å². The van der Waals surface area contributed by atoms with E-state index in [1.807, 2.05) is 0 Å². The minimum atomic E-state index is -1.09. The second-order valence-corrected chi connectivity index (χ2v) is 5.05. The molecule has 7 heteroatoms. The van der Waals surface area contributed by atoms with Crippen molar-refractivity contribution in [2.75, 3.05) is 11.4 Å². The van der Waals surface area contributed by atoms with E-state index in [1.54, 1.807) is 0 Å². The highest BCUT2D eigenvalue weighted by Crippen LogP contribution is 2.28. The zero-order valence-electron chi connectivity index (χ0n) is 8.99. The second kappa shape index (κ2) is 4.79. The van der Waals surface area contributed by atoms with Gasteiger partial charge in [-0.15, -0.1) is 0 Å². The van der Waals surface area contributed by atoms with Crippen LogP contribution >= 0.6 is 22.6 Å². The zero-order chi connectivity index (χ0) is 13.4. The molecule has 1 unspecified atom stereocenters. The lowest BCUT2D eigenvalue weighted by Gasteiger charge is -2.16. The number of hydrogen-bond acceptors (Lipinski definition) is 2. The van der Waals surface area contributed by atoms with Crippen LogP contribution in [0.1, 0.15) is 6.42 Å². The molecule has 0 aliphatic carbocycles. The summed E-state index contributed by atoms with van der Waals surface area (Å²) in [5.74, 6) is -3.89. The summed E-state index contributed by atoms with van der Waals surface area (Å²) < 4.78 is 26.6. The predicted octanol–water partition coefficient (Wildman–Crippen LogP) is 2.01. The maximum Gasteiger partial charge on any atom is 0.308 e. The number of hydrogen-bond donors (Lipinski definition) is 1. The number of aliphatic carboxylic acids is 1.